The molecule has 1 fully saturated rings. The Hall–Kier alpha value is -1.34. The van der Waals surface area contributed by atoms with E-state index in [4.69, 9.17) is 9.47 Å². The molecule has 7 N–H and O–H groups in total. The van der Waals surface area contributed by atoms with Gasteiger partial charge in [-0.3, -0.25) is 4.79 Å². The van der Waals surface area contributed by atoms with Crippen LogP contribution < -0.4 is 5.32 Å². The number of aliphatic hydroxyl groups excluding tert-OH is 5. The third-order valence-electron chi connectivity index (χ3n) is 9.78. The SMILES string of the molecule is CCCCCCCCCCCCCCCC(O)C(CO[C@H]1O[C@H](C(=O)O)[C@@H](O)[C@H](O)[C@H]1O)NC(=O)[C@@H](O)CCCCCCCCCCCC. The maximum atomic E-state index is 12.9. The van der Waals surface area contributed by atoms with E-state index in [0.717, 1.165) is 44.9 Å². The number of carbonyl (C=O) groups excluding carboxylic acids is 1. The minimum absolute atomic E-state index is 0.291. The van der Waals surface area contributed by atoms with Crippen molar-refractivity contribution in [1.82, 2.24) is 5.32 Å². The average Bonchev–Trinajstić information content (AvgIpc) is 3.08. The van der Waals surface area contributed by atoms with E-state index < -0.39 is 60.8 Å². The molecule has 0 saturated carbocycles. The van der Waals surface area contributed by atoms with Crippen molar-refractivity contribution >= 4 is 11.9 Å². The normalized spacial score (nSPS) is 22.9. The van der Waals surface area contributed by atoms with Crippen molar-refractivity contribution in [1.29, 1.82) is 0 Å². The van der Waals surface area contributed by atoms with E-state index in [-0.39, 0.29) is 6.61 Å². The van der Waals surface area contributed by atoms with Crippen LogP contribution in [0.5, 0.6) is 0 Å². The number of nitrogens with one attached hydrogen (secondary N) is 1. The molecule has 49 heavy (non-hydrogen) atoms. The Labute approximate surface area is 296 Å². The fourth-order valence-corrected chi connectivity index (χ4v) is 6.44. The second-order valence-electron chi connectivity index (χ2n) is 14.3. The predicted octanol–water partition coefficient (Wildman–Crippen LogP) is 5.89. The highest BCUT2D eigenvalue weighted by Gasteiger charge is 2.47. The van der Waals surface area contributed by atoms with E-state index in [1.54, 1.807) is 0 Å². The van der Waals surface area contributed by atoms with E-state index >= 15 is 0 Å². The summed E-state index contributed by atoms with van der Waals surface area (Å²) in [5.41, 5.74) is 0. The smallest absolute Gasteiger partial charge is 0.335 e. The summed E-state index contributed by atoms with van der Waals surface area (Å²) in [6.45, 7) is 4.07. The molecule has 1 saturated heterocycles. The van der Waals surface area contributed by atoms with Crippen LogP contribution in [0.25, 0.3) is 0 Å². The van der Waals surface area contributed by atoms with Gasteiger partial charge in [0.25, 0.3) is 0 Å². The minimum atomic E-state index is -1.86. The molecule has 0 spiro atoms. The van der Waals surface area contributed by atoms with E-state index in [0.29, 0.717) is 19.3 Å². The minimum Gasteiger partial charge on any atom is -0.479 e. The lowest BCUT2D eigenvalue weighted by molar-refractivity contribution is -0.295. The summed E-state index contributed by atoms with van der Waals surface area (Å²) in [6.07, 6.45) is 16.3. The molecule has 11 nitrogen and oxygen atoms in total. The lowest BCUT2D eigenvalue weighted by atomic mass is 9.99. The monoisotopic (exact) mass is 704 g/mol. The Balaban J connectivity index is 2.53. The van der Waals surface area contributed by atoms with Gasteiger partial charge in [-0.25, -0.2) is 4.79 Å². The number of ether oxygens (including phenoxy) is 2. The van der Waals surface area contributed by atoms with Crippen LogP contribution in [0.3, 0.4) is 0 Å². The summed E-state index contributed by atoms with van der Waals surface area (Å²) >= 11 is 0. The Morgan fingerprint density at radius 1 is 0.612 bits per heavy atom. The number of hydrogen-bond acceptors (Lipinski definition) is 9. The van der Waals surface area contributed by atoms with Gasteiger partial charge >= 0.3 is 5.97 Å². The Kier molecular flexibility index (Phi) is 27.3. The fourth-order valence-electron chi connectivity index (χ4n) is 6.44. The van der Waals surface area contributed by atoms with Crippen LogP contribution in [-0.4, -0.2) is 98.1 Å². The molecule has 0 aromatic carbocycles. The summed E-state index contributed by atoms with van der Waals surface area (Å²) in [4.78, 5) is 24.4. The molecule has 8 atom stereocenters. The summed E-state index contributed by atoms with van der Waals surface area (Å²) in [7, 11) is 0. The van der Waals surface area contributed by atoms with Gasteiger partial charge < -0.3 is 45.4 Å². The zero-order valence-electron chi connectivity index (χ0n) is 30.8. The van der Waals surface area contributed by atoms with Crippen LogP contribution in [0.2, 0.25) is 0 Å². The number of carboxylic acid groups (broad SMARTS) is 1. The fraction of sp³-hybridized carbons (Fsp3) is 0.947. The van der Waals surface area contributed by atoms with E-state index in [1.807, 2.05) is 0 Å². The molecule has 1 heterocycles. The molecule has 0 bridgehead atoms. The van der Waals surface area contributed by atoms with Crippen molar-refractivity contribution in [2.45, 2.75) is 223 Å². The van der Waals surface area contributed by atoms with Gasteiger partial charge in [-0.15, -0.1) is 0 Å². The van der Waals surface area contributed by atoms with Crippen molar-refractivity contribution in [3.05, 3.63) is 0 Å². The maximum Gasteiger partial charge on any atom is 0.335 e. The van der Waals surface area contributed by atoms with Gasteiger partial charge in [0.1, 0.15) is 24.4 Å². The van der Waals surface area contributed by atoms with Crippen LogP contribution in [0.15, 0.2) is 0 Å². The van der Waals surface area contributed by atoms with Crippen molar-refractivity contribution in [3.8, 4) is 0 Å². The van der Waals surface area contributed by atoms with Crippen LogP contribution in [-0.2, 0) is 19.1 Å². The highest BCUT2D eigenvalue weighted by molar-refractivity contribution is 5.80. The summed E-state index contributed by atoms with van der Waals surface area (Å²) in [6, 6.07) is -0.977. The van der Waals surface area contributed by atoms with Crippen molar-refractivity contribution in [2.75, 3.05) is 6.61 Å². The zero-order valence-corrected chi connectivity index (χ0v) is 30.8. The van der Waals surface area contributed by atoms with Crippen molar-refractivity contribution in [2.24, 2.45) is 0 Å². The number of aliphatic carboxylic acids is 1. The quantitative estimate of drug-likeness (QED) is 0.0417. The number of carboxylic acids is 1. The molecule has 0 aromatic heterocycles. The Morgan fingerprint density at radius 2 is 1.02 bits per heavy atom. The lowest BCUT2D eigenvalue weighted by Gasteiger charge is -2.39. The van der Waals surface area contributed by atoms with Crippen LogP contribution >= 0.6 is 0 Å². The number of carbonyl (C=O) groups is 2. The number of amides is 1. The lowest BCUT2D eigenvalue weighted by Crippen LogP contribution is -2.61. The molecule has 0 aromatic rings. The highest BCUT2D eigenvalue weighted by atomic mass is 16.7. The number of rotatable bonds is 32. The van der Waals surface area contributed by atoms with Gasteiger partial charge in [0.15, 0.2) is 12.4 Å². The van der Waals surface area contributed by atoms with Gasteiger partial charge in [0.2, 0.25) is 5.91 Å². The van der Waals surface area contributed by atoms with Gasteiger partial charge in [-0.1, -0.05) is 162 Å². The predicted molar refractivity (Wildman–Crippen MR) is 191 cm³/mol. The number of aliphatic hydroxyl groups is 5. The molecule has 1 rings (SSSR count). The molecule has 290 valence electrons. The zero-order chi connectivity index (χ0) is 36.3. The molecule has 0 radical (unpaired) electrons. The first-order chi connectivity index (χ1) is 23.6. The second kappa shape index (κ2) is 29.3. The van der Waals surface area contributed by atoms with E-state index in [9.17, 15) is 40.2 Å². The second-order valence-corrected chi connectivity index (χ2v) is 14.3. The summed E-state index contributed by atoms with van der Waals surface area (Å²) in [5.74, 6) is -2.17. The first-order valence-corrected chi connectivity index (χ1v) is 19.8. The highest BCUT2D eigenvalue weighted by Crippen LogP contribution is 2.23. The molecule has 1 aliphatic rings. The van der Waals surface area contributed by atoms with Gasteiger partial charge in [-0.2, -0.15) is 0 Å². The van der Waals surface area contributed by atoms with Crippen molar-refractivity contribution in [3.63, 3.8) is 0 Å². The van der Waals surface area contributed by atoms with Crippen molar-refractivity contribution < 1.29 is 49.7 Å². The average molecular weight is 704 g/mol. The largest absolute Gasteiger partial charge is 0.479 e. The molecular weight excluding hydrogens is 630 g/mol. The van der Waals surface area contributed by atoms with Gasteiger partial charge in [-0.05, 0) is 12.8 Å². The van der Waals surface area contributed by atoms with Crippen LogP contribution in [0.1, 0.15) is 174 Å². The standard InChI is InChI=1S/C38H73NO10/c1-3-5-7-9-11-13-15-16-17-19-20-22-24-26-30(40)29(28-48-38-34(44)32(42)33(43)35(49-38)37(46)47)39-36(45)31(41)27-25-23-21-18-14-12-10-8-6-4-2/h29-35,38,40-44H,3-28H2,1-2H3,(H,39,45)(H,46,47)/t29?,30?,31-,32-,33-,34+,35-,38-/m0/s1. The molecule has 1 aliphatic heterocycles. The molecule has 11 heteroatoms. The van der Waals surface area contributed by atoms with Gasteiger partial charge in [0, 0.05) is 0 Å². The summed E-state index contributed by atoms with van der Waals surface area (Å²) in [5, 5.41) is 64.1. The van der Waals surface area contributed by atoms with Crippen LogP contribution in [0, 0.1) is 0 Å². The molecule has 2 unspecified atom stereocenters. The maximum absolute atomic E-state index is 12.9. The molecule has 1 amide bonds. The topological polar surface area (TPSA) is 186 Å². The Morgan fingerprint density at radius 3 is 1.45 bits per heavy atom. The third kappa shape index (κ3) is 20.9. The van der Waals surface area contributed by atoms with E-state index in [1.165, 1.54) is 96.3 Å². The molecular formula is C38H73NO10. The Bertz CT molecular complexity index is 817. The number of unbranched alkanes of at least 4 members (excludes halogenated alkanes) is 21. The van der Waals surface area contributed by atoms with Gasteiger partial charge in [0.05, 0.1) is 18.8 Å². The first-order valence-electron chi connectivity index (χ1n) is 19.8. The number of hydrogen-bond donors (Lipinski definition) is 7. The summed E-state index contributed by atoms with van der Waals surface area (Å²) < 4.78 is 10.8. The van der Waals surface area contributed by atoms with E-state index in [2.05, 4.69) is 19.2 Å². The third-order valence-corrected chi connectivity index (χ3v) is 9.78. The molecule has 0 aliphatic carbocycles. The first kappa shape index (κ1) is 45.7. The van der Waals surface area contributed by atoms with Crippen LogP contribution in [0.4, 0.5) is 0 Å².